The molecule has 5 nitrogen and oxygen atoms in total. The van der Waals surface area contributed by atoms with Crippen LogP contribution in [0.4, 0.5) is 13.2 Å². The van der Waals surface area contributed by atoms with Crippen LogP contribution in [-0.2, 0) is 16.9 Å². The smallest absolute Gasteiger partial charge is 0.417 e. The molecule has 1 aromatic heterocycles. The Kier molecular flexibility index (Phi) is 4.55. The Labute approximate surface area is 123 Å². The van der Waals surface area contributed by atoms with E-state index in [1.807, 2.05) is 0 Å². The van der Waals surface area contributed by atoms with Gasteiger partial charge in [0.25, 0.3) is 0 Å². The van der Waals surface area contributed by atoms with E-state index < -0.39 is 25.5 Å². The summed E-state index contributed by atoms with van der Waals surface area (Å²) in [6.07, 6.45) is -4.28. The molecule has 0 aliphatic rings. The molecule has 22 heavy (non-hydrogen) atoms. The SMILES string of the molecule is O=P(O)(O)Cc1cccc(Oc2ccc(C(F)(F)F)cn2)c1. The largest absolute Gasteiger partial charge is 0.439 e. The molecule has 0 atom stereocenters. The minimum Gasteiger partial charge on any atom is -0.439 e. The number of nitrogens with zero attached hydrogens (tertiary/aromatic N) is 1. The third kappa shape index (κ3) is 4.84. The number of alkyl halides is 3. The summed E-state index contributed by atoms with van der Waals surface area (Å²) in [6, 6.07) is 7.82. The maximum Gasteiger partial charge on any atom is 0.417 e. The summed E-state index contributed by atoms with van der Waals surface area (Å²) in [7, 11) is -4.21. The fourth-order valence-electron chi connectivity index (χ4n) is 1.67. The highest BCUT2D eigenvalue weighted by atomic mass is 31.2. The van der Waals surface area contributed by atoms with Crippen LogP contribution in [0.15, 0.2) is 42.6 Å². The zero-order chi connectivity index (χ0) is 16.4. The van der Waals surface area contributed by atoms with Crippen molar-refractivity contribution in [2.24, 2.45) is 0 Å². The van der Waals surface area contributed by atoms with Gasteiger partial charge in [0.15, 0.2) is 0 Å². The van der Waals surface area contributed by atoms with E-state index in [1.165, 1.54) is 24.3 Å². The summed E-state index contributed by atoms with van der Waals surface area (Å²) in [6.45, 7) is 0. The van der Waals surface area contributed by atoms with Crippen LogP contribution in [0.3, 0.4) is 0 Å². The standard InChI is InChI=1S/C13H11F3NO4P/c14-13(15,16)10-4-5-12(17-7-10)21-11-3-1-2-9(6-11)8-22(18,19)20/h1-7H,8H2,(H2,18,19,20). The third-order valence-electron chi connectivity index (χ3n) is 2.57. The van der Waals surface area contributed by atoms with E-state index >= 15 is 0 Å². The van der Waals surface area contributed by atoms with Crippen LogP contribution < -0.4 is 4.74 Å². The second-order valence-corrected chi connectivity index (χ2v) is 6.10. The monoisotopic (exact) mass is 333 g/mol. The number of ether oxygens (including phenoxy) is 1. The average Bonchev–Trinajstić information content (AvgIpc) is 2.36. The number of hydrogen-bond donors (Lipinski definition) is 2. The molecule has 1 aromatic carbocycles. The lowest BCUT2D eigenvalue weighted by Crippen LogP contribution is -2.05. The molecule has 0 amide bonds. The van der Waals surface area contributed by atoms with Crippen LogP contribution in [0.1, 0.15) is 11.1 Å². The van der Waals surface area contributed by atoms with Gasteiger partial charge in [-0.25, -0.2) is 4.98 Å². The van der Waals surface area contributed by atoms with Crippen molar-refractivity contribution in [2.75, 3.05) is 0 Å². The van der Waals surface area contributed by atoms with E-state index in [0.29, 0.717) is 11.8 Å². The molecule has 0 saturated heterocycles. The van der Waals surface area contributed by atoms with Crippen molar-refractivity contribution in [3.8, 4) is 11.6 Å². The van der Waals surface area contributed by atoms with Crippen molar-refractivity contribution in [3.63, 3.8) is 0 Å². The Morgan fingerprint density at radius 3 is 2.45 bits per heavy atom. The predicted octanol–water partition coefficient (Wildman–Crippen LogP) is 3.57. The highest BCUT2D eigenvalue weighted by Gasteiger charge is 2.30. The molecule has 0 radical (unpaired) electrons. The lowest BCUT2D eigenvalue weighted by atomic mass is 10.2. The predicted molar refractivity (Wildman–Crippen MR) is 71.5 cm³/mol. The lowest BCUT2D eigenvalue weighted by molar-refractivity contribution is -0.137. The fraction of sp³-hybridized carbons (Fsp3) is 0.154. The van der Waals surface area contributed by atoms with Crippen molar-refractivity contribution in [1.82, 2.24) is 4.98 Å². The Balaban J connectivity index is 2.14. The van der Waals surface area contributed by atoms with Crippen LogP contribution in [-0.4, -0.2) is 14.8 Å². The van der Waals surface area contributed by atoms with E-state index in [1.54, 1.807) is 0 Å². The first-order valence-corrected chi connectivity index (χ1v) is 7.78. The number of rotatable bonds is 4. The van der Waals surface area contributed by atoms with Gasteiger partial charge in [0.2, 0.25) is 5.88 Å². The number of halogens is 3. The maximum absolute atomic E-state index is 12.4. The van der Waals surface area contributed by atoms with Gasteiger partial charge in [0.05, 0.1) is 11.7 Å². The molecule has 0 unspecified atom stereocenters. The van der Waals surface area contributed by atoms with Crippen molar-refractivity contribution in [1.29, 1.82) is 0 Å². The van der Waals surface area contributed by atoms with E-state index in [0.717, 1.165) is 12.1 Å². The summed E-state index contributed by atoms with van der Waals surface area (Å²) >= 11 is 0. The van der Waals surface area contributed by atoms with Crippen LogP contribution >= 0.6 is 7.60 Å². The molecule has 0 spiro atoms. The molecular formula is C13H11F3NO4P. The maximum atomic E-state index is 12.4. The van der Waals surface area contributed by atoms with Gasteiger partial charge in [0, 0.05) is 12.3 Å². The van der Waals surface area contributed by atoms with Crippen LogP contribution in [0.2, 0.25) is 0 Å². The minimum atomic E-state index is -4.48. The van der Waals surface area contributed by atoms with E-state index in [2.05, 4.69) is 4.98 Å². The molecule has 0 fully saturated rings. The Hall–Kier alpha value is -1.89. The summed E-state index contributed by atoms with van der Waals surface area (Å²) in [5, 5.41) is 0. The zero-order valence-corrected chi connectivity index (χ0v) is 11.9. The molecule has 2 rings (SSSR count). The summed E-state index contributed by atoms with van der Waals surface area (Å²) in [5.41, 5.74) is -0.548. The minimum absolute atomic E-state index is 0.0543. The van der Waals surface area contributed by atoms with Crippen LogP contribution in [0, 0.1) is 0 Å². The number of pyridine rings is 1. The molecule has 0 saturated carbocycles. The molecule has 2 N–H and O–H groups in total. The van der Waals surface area contributed by atoms with Gasteiger partial charge < -0.3 is 14.5 Å². The van der Waals surface area contributed by atoms with Gasteiger partial charge in [-0.3, -0.25) is 4.57 Å². The molecule has 0 aliphatic heterocycles. The van der Waals surface area contributed by atoms with Crippen LogP contribution in [0.25, 0.3) is 0 Å². The first kappa shape index (κ1) is 16.5. The second-order valence-electron chi connectivity index (χ2n) is 4.46. The first-order chi connectivity index (χ1) is 10.1. The summed E-state index contributed by atoms with van der Waals surface area (Å²) in [5.74, 6) is 0.166. The van der Waals surface area contributed by atoms with Crippen molar-refractivity contribution >= 4 is 7.60 Å². The quantitative estimate of drug-likeness (QED) is 0.836. The van der Waals surface area contributed by atoms with Crippen molar-refractivity contribution in [3.05, 3.63) is 53.7 Å². The Morgan fingerprint density at radius 2 is 1.91 bits per heavy atom. The molecule has 0 bridgehead atoms. The summed E-state index contributed by atoms with van der Waals surface area (Å²) in [4.78, 5) is 21.4. The number of aromatic nitrogens is 1. The van der Waals surface area contributed by atoms with Gasteiger partial charge in [-0.1, -0.05) is 12.1 Å². The van der Waals surface area contributed by atoms with Crippen molar-refractivity contribution in [2.45, 2.75) is 12.3 Å². The van der Waals surface area contributed by atoms with E-state index in [9.17, 15) is 17.7 Å². The highest BCUT2D eigenvalue weighted by molar-refractivity contribution is 7.50. The molecule has 118 valence electrons. The molecule has 2 aromatic rings. The molecular weight excluding hydrogens is 322 g/mol. The van der Waals surface area contributed by atoms with Gasteiger partial charge in [-0.05, 0) is 23.8 Å². The average molecular weight is 333 g/mol. The van der Waals surface area contributed by atoms with Gasteiger partial charge >= 0.3 is 13.8 Å². The van der Waals surface area contributed by atoms with E-state index in [-0.39, 0.29) is 11.6 Å². The Bertz CT molecular complexity index is 697. The van der Waals surface area contributed by atoms with Crippen molar-refractivity contribution < 1.29 is 32.3 Å². The van der Waals surface area contributed by atoms with Gasteiger partial charge in [-0.15, -0.1) is 0 Å². The summed E-state index contributed by atoms with van der Waals surface area (Å²) < 4.78 is 53.4. The molecule has 1 heterocycles. The first-order valence-electron chi connectivity index (χ1n) is 5.98. The van der Waals surface area contributed by atoms with Crippen LogP contribution in [0.5, 0.6) is 11.6 Å². The second kappa shape index (κ2) is 6.08. The Morgan fingerprint density at radius 1 is 1.18 bits per heavy atom. The number of hydrogen-bond acceptors (Lipinski definition) is 3. The lowest BCUT2D eigenvalue weighted by Gasteiger charge is -2.09. The van der Waals surface area contributed by atoms with Gasteiger partial charge in [-0.2, -0.15) is 13.2 Å². The molecule has 0 aliphatic carbocycles. The fourth-order valence-corrected chi connectivity index (χ4v) is 2.35. The topological polar surface area (TPSA) is 79.7 Å². The van der Waals surface area contributed by atoms with Gasteiger partial charge in [0.1, 0.15) is 5.75 Å². The highest BCUT2D eigenvalue weighted by Crippen LogP contribution is 2.39. The third-order valence-corrected chi connectivity index (χ3v) is 3.35. The van der Waals surface area contributed by atoms with E-state index in [4.69, 9.17) is 14.5 Å². The number of benzene rings is 1. The molecule has 9 heteroatoms. The zero-order valence-electron chi connectivity index (χ0n) is 11.0. The normalized spacial score (nSPS) is 12.2.